The van der Waals surface area contributed by atoms with Gasteiger partial charge >= 0.3 is 6.03 Å². The Labute approximate surface area is 150 Å². The predicted molar refractivity (Wildman–Crippen MR) is 99.3 cm³/mol. The molecule has 0 spiro atoms. The van der Waals surface area contributed by atoms with E-state index in [4.69, 9.17) is 0 Å². The maximum atomic E-state index is 12.4. The number of benzene rings is 1. The van der Waals surface area contributed by atoms with E-state index < -0.39 is 0 Å². The van der Waals surface area contributed by atoms with Crippen molar-refractivity contribution in [2.45, 2.75) is 57.2 Å². The van der Waals surface area contributed by atoms with E-state index in [-0.39, 0.29) is 24.7 Å². The number of aliphatic hydroxyl groups is 1. The first-order chi connectivity index (χ1) is 12.2. The van der Waals surface area contributed by atoms with Crippen LogP contribution in [0.3, 0.4) is 0 Å². The van der Waals surface area contributed by atoms with Gasteiger partial charge in [0, 0.05) is 18.6 Å². The highest BCUT2D eigenvalue weighted by Gasteiger charge is 2.32. The number of nitrogens with zero attached hydrogens (tertiary/aromatic N) is 1. The average Bonchev–Trinajstić information content (AvgIpc) is 2.59. The van der Waals surface area contributed by atoms with Crippen LogP contribution >= 0.6 is 0 Å². The molecular weight excluding hydrogens is 314 g/mol. The zero-order valence-corrected chi connectivity index (χ0v) is 15.2. The lowest BCUT2D eigenvalue weighted by molar-refractivity contribution is 0.0677. The number of rotatable bonds is 6. The lowest BCUT2D eigenvalue weighted by Crippen LogP contribution is -2.52. The fraction of sp³-hybridized carbons (Fsp3) is 0.650. The number of nitrogens with one attached hydrogen (secondary N) is 2. The molecular formula is C20H31N3O2. The molecule has 2 fully saturated rings. The van der Waals surface area contributed by atoms with Gasteiger partial charge in [0.25, 0.3) is 0 Å². The van der Waals surface area contributed by atoms with Crippen molar-refractivity contribution in [3.63, 3.8) is 0 Å². The number of hydrogen-bond acceptors (Lipinski definition) is 3. The Morgan fingerprint density at radius 1 is 1.20 bits per heavy atom. The quantitative estimate of drug-likeness (QED) is 0.743. The normalized spacial score (nSPS) is 24.2. The summed E-state index contributed by atoms with van der Waals surface area (Å²) in [7, 11) is 0. The second kappa shape index (κ2) is 8.68. The minimum Gasteiger partial charge on any atom is -0.394 e. The first kappa shape index (κ1) is 18.2. The molecule has 1 heterocycles. The summed E-state index contributed by atoms with van der Waals surface area (Å²) in [6.07, 6.45) is 6.43. The number of hydrogen-bond donors (Lipinski definition) is 3. The smallest absolute Gasteiger partial charge is 0.315 e. The Morgan fingerprint density at radius 3 is 2.60 bits per heavy atom. The molecule has 5 heteroatoms. The van der Waals surface area contributed by atoms with E-state index in [9.17, 15) is 9.90 Å². The molecule has 0 aromatic heterocycles. The minimum absolute atomic E-state index is 0.106. The Balaban J connectivity index is 1.49. The molecule has 1 aromatic rings. The Bertz CT molecular complexity index is 547. The van der Waals surface area contributed by atoms with Crippen LogP contribution in [0.4, 0.5) is 4.79 Å². The Kier molecular flexibility index (Phi) is 6.32. The summed E-state index contributed by atoms with van der Waals surface area (Å²) in [4.78, 5) is 15.0. The molecule has 1 aliphatic heterocycles. The van der Waals surface area contributed by atoms with Crippen molar-refractivity contribution in [3.05, 3.63) is 35.9 Å². The standard InChI is InChI=1S/C20H31N3O2/c1-15(17-9-6-12-23(13-17)18-10-5-11-18)21-20(25)22-19(14-24)16-7-3-2-4-8-16/h2-4,7-8,15,17-19,24H,5-6,9-14H2,1H3,(H2,21,22,25). The third-order valence-electron chi connectivity index (χ3n) is 5.84. The molecule has 1 aliphatic carbocycles. The fourth-order valence-corrected chi connectivity index (χ4v) is 3.98. The molecule has 0 bridgehead atoms. The van der Waals surface area contributed by atoms with Crippen molar-refractivity contribution >= 4 is 6.03 Å². The van der Waals surface area contributed by atoms with Gasteiger partial charge in [0.15, 0.2) is 0 Å². The zero-order chi connectivity index (χ0) is 17.6. The van der Waals surface area contributed by atoms with Crippen molar-refractivity contribution in [1.82, 2.24) is 15.5 Å². The highest BCUT2D eigenvalue weighted by molar-refractivity contribution is 5.74. The zero-order valence-electron chi connectivity index (χ0n) is 15.2. The van der Waals surface area contributed by atoms with Gasteiger partial charge in [0.2, 0.25) is 0 Å². The number of likely N-dealkylation sites (tertiary alicyclic amines) is 1. The van der Waals surface area contributed by atoms with Gasteiger partial charge in [-0.3, -0.25) is 0 Å². The van der Waals surface area contributed by atoms with E-state index in [1.807, 2.05) is 30.3 Å². The van der Waals surface area contributed by atoms with Gasteiger partial charge in [0.1, 0.15) is 0 Å². The van der Waals surface area contributed by atoms with Crippen LogP contribution in [0.1, 0.15) is 50.6 Å². The molecule has 3 rings (SSSR count). The number of amides is 2. The van der Waals surface area contributed by atoms with Crippen LogP contribution in [0.25, 0.3) is 0 Å². The lowest BCUT2D eigenvalue weighted by Gasteiger charge is -2.43. The molecule has 2 amide bonds. The van der Waals surface area contributed by atoms with Crippen LogP contribution in [-0.2, 0) is 0 Å². The van der Waals surface area contributed by atoms with Gasteiger partial charge in [-0.15, -0.1) is 0 Å². The van der Waals surface area contributed by atoms with Gasteiger partial charge in [0.05, 0.1) is 12.6 Å². The molecule has 1 saturated carbocycles. The molecule has 2 aliphatic rings. The number of carbonyl (C=O) groups excluding carboxylic acids is 1. The molecule has 138 valence electrons. The van der Waals surface area contributed by atoms with E-state index in [0.29, 0.717) is 5.92 Å². The number of carbonyl (C=O) groups is 1. The van der Waals surface area contributed by atoms with Crippen molar-refractivity contribution in [2.75, 3.05) is 19.7 Å². The van der Waals surface area contributed by atoms with Crippen molar-refractivity contribution < 1.29 is 9.90 Å². The van der Waals surface area contributed by atoms with Crippen LogP contribution < -0.4 is 10.6 Å². The number of urea groups is 1. The summed E-state index contributed by atoms with van der Waals surface area (Å²) in [6, 6.07) is 9.94. The largest absolute Gasteiger partial charge is 0.394 e. The first-order valence-electron chi connectivity index (χ1n) is 9.64. The number of aliphatic hydroxyl groups excluding tert-OH is 1. The van der Waals surface area contributed by atoms with Gasteiger partial charge in [-0.05, 0) is 50.6 Å². The van der Waals surface area contributed by atoms with E-state index in [0.717, 1.165) is 18.2 Å². The molecule has 3 atom stereocenters. The van der Waals surface area contributed by atoms with E-state index in [1.54, 1.807) is 0 Å². The first-order valence-corrected chi connectivity index (χ1v) is 9.64. The SMILES string of the molecule is CC(NC(=O)NC(CO)c1ccccc1)C1CCCN(C2CCC2)C1. The average molecular weight is 345 g/mol. The predicted octanol–water partition coefficient (Wildman–Crippen LogP) is 2.67. The molecule has 3 unspecified atom stereocenters. The van der Waals surface area contributed by atoms with E-state index in [1.165, 1.54) is 38.6 Å². The maximum Gasteiger partial charge on any atom is 0.315 e. The second-order valence-electron chi connectivity index (χ2n) is 7.53. The van der Waals surface area contributed by atoms with Crippen molar-refractivity contribution in [3.8, 4) is 0 Å². The van der Waals surface area contributed by atoms with Gasteiger partial charge in [-0.25, -0.2) is 4.79 Å². The van der Waals surface area contributed by atoms with E-state index >= 15 is 0 Å². The highest BCUT2D eigenvalue weighted by atomic mass is 16.3. The van der Waals surface area contributed by atoms with Gasteiger partial charge < -0.3 is 20.6 Å². The van der Waals surface area contributed by atoms with Crippen LogP contribution in [0.15, 0.2) is 30.3 Å². The van der Waals surface area contributed by atoms with Crippen molar-refractivity contribution in [1.29, 1.82) is 0 Å². The minimum atomic E-state index is -0.369. The molecule has 25 heavy (non-hydrogen) atoms. The van der Waals surface area contributed by atoms with Crippen LogP contribution in [-0.4, -0.2) is 47.8 Å². The van der Waals surface area contributed by atoms with Crippen LogP contribution in [0.2, 0.25) is 0 Å². The monoisotopic (exact) mass is 345 g/mol. The molecule has 1 aromatic carbocycles. The van der Waals surface area contributed by atoms with Gasteiger partial charge in [-0.2, -0.15) is 0 Å². The molecule has 0 radical (unpaired) electrons. The Hall–Kier alpha value is -1.59. The maximum absolute atomic E-state index is 12.4. The fourth-order valence-electron chi connectivity index (χ4n) is 3.98. The highest BCUT2D eigenvalue weighted by Crippen LogP contribution is 2.30. The van der Waals surface area contributed by atoms with Crippen LogP contribution in [0, 0.1) is 5.92 Å². The summed E-state index contributed by atoms with van der Waals surface area (Å²) >= 11 is 0. The Morgan fingerprint density at radius 2 is 1.96 bits per heavy atom. The molecule has 3 N–H and O–H groups in total. The second-order valence-corrected chi connectivity index (χ2v) is 7.53. The summed E-state index contributed by atoms with van der Waals surface area (Å²) in [5, 5.41) is 15.6. The van der Waals surface area contributed by atoms with E-state index in [2.05, 4.69) is 22.5 Å². The lowest BCUT2D eigenvalue weighted by atomic mass is 9.86. The topological polar surface area (TPSA) is 64.6 Å². The summed E-state index contributed by atoms with van der Waals surface area (Å²) < 4.78 is 0. The summed E-state index contributed by atoms with van der Waals surface area (Å²) in [5.74, 6) is 0.504. The summed E-state index contributed by atoms with van der Waals surface area (Å²) in [5.41, 5.74) is 0.918. The summed E-state index contributed by atoms with van der Waals surface area (Å²) in [6.45, 7) is 4.30. The van der Waals surface area contributed by atoms with Gasteiger partial charge in [-0.1, -0.05) is 36.8 Å². The van der Waals surface area contributed by atoms with Crippen molar-refractivity contribution in [2.24, 2.45) is 5.92 Å². The number of piperidine rings is 1. The van der Waals surface area contributed by atoms with Crippen LogP contribution in [0.5, 0.6) is 0 Å². The molecule has 5 nitrogen and oxygen atoms in total. The third-order valence-corrected chi connectivity index (χ3v) is 5.84. The molecule has 1 saturated heterocycles. The third kappa shape index (κ3) is 4.73.